The van der Waals surface area contributed by atoms with Gasteiger partial charge in [-0.25, -0.2) is 8.78 Å². The van der Waals surface area contributed by atoms with E-state index in [1.807, 2.05) is 11.7 Å². The van der Waals surface area contributed by atoms with Crippen LogP contribution < -0.4 is 5.32 Å². The van der Waals surface area contributed by atoms with Gasteiger partial charge < -0.3 is 5.32 Å². The molecule has 2 aromatic heterocycles. The molecule has 0 radical (unpaired) electrons. The van der Waals surface area contributed by atoms with Crippen molar-refractivity contribution in [1.82, 2.24) is 20.0 Å². The van der Waals surface area contributed by atoms with E-state index in [-0.39, 0.29) is 11.8 Å². The largest absolute Gasteiger partial charge is 0.309 e. The highest BCUT2D eigenvalue weighted by Crippen LogP contribution is 2.27. The van der Waals surface area contributed by atoms with Gasteiger partial charge in [-0.15, -0.1) is 0 Å². The summed E-state index contributed by atoms with van der Waals surface area (Å²) in [5, 5.41) is 13.7. The average Bonchev–Trinajstić information content (AvgIpc) is 3.21. The monoisotopic (exact) mass is 357 g/mol. The molecule has 1 atom stereocenters. The maximum absolute atomic E-state index is 13.3. The van der Waals surface area contributed by atoms with Gasteiger partial charge in [0.15, 0.2) is 5.82 Å². The Morgan fingerprint density at radius 3 is 2.81 bits per heavy atom. The number of aromatic amines is 1. The van der Waals surface area contributed by atoms with E-state index in [2.05, 4.69) is 20.6 Å². The lowest BCUT2D eigenvalue weighted by Crippen LogP contribution is -2.28. The molecule has 1 amide bonds. The summed E-state index contributed by atoms with van der Waals surface area (Å²) in [6.07, 6.45) is 3.99. The SMILES string of the molecule is Cn1ncc2c1CCC(C(=O)Nc1cc(-c3cc(F)cc(F)c3)[nH]n1)C2. The molecule has 6 nitrogen and oxygen atoms in total. The molecule has 0 saturated carbocycles. The summed E-state index contributed by atoms with van der Waals surface area (Å²) in [7, 11) is 1.90. The highest BCUT2D eigenvalue weighted by atomic mass is 19.1. The Morgan fingerprint density at radius 1 is 1.27 bits per heavy atom. The molecule has 0 saturated heterocycles. The van der Waals surface area contributed by atoms with Crippen LogP contribution >= 0.6 is 0 Å². The van der Waals surface area contributed by atoms with Gasteiger partial charge >= 0.3 is 0 Å². The number of anilines is 1. The van der Waals surface area contributed by atoms with Crippen molar-refractivity contribution in [2.45, 2.75) is 19.3 Å². The van der Waals surface area contributed by atoms with Crippen molar-refractivity contribution in [3.63, 3.8) is 0 Å². The first-order valence-corrected chi connectivity index (χ1v) is 8.32. The van der Waals surface area contributed by atoms with E-state index in [1.165, 1.54) is 17.8 Å². The number of aryl methyl sites for hydroxylation is 1. The lowest BCUT2D eigenvalue weighted by Gasteiger charge is -2.21. The summed E-state index contributed by atoms with van der Waals surface area (Å²) in [5.41, 5.74) is 3.02. The second-order valence-corrected chi connectivity index (χ2v) is 6.49. The normalized spacial score (nSPS) is 16.3. The van der Waals surface area contributed by atoms with Gasteiger partial charge in [0.2, 0.25) is 5.91 Å². The number of benzene rings is 1. The zero-order valence-electron chi connectivity index (χ0n) is 14.1. The van der Waals surface area contributed by atoms with Gasteiger partial charge in [-0.2, -0.15) is 10.2 Å². The van der Waals surface area contributed by atoms with Crippen LogP contribution in [0.4, 0.5) is 14.6 Å². The number of rotatable bonds is 3. The first kappa shape index (κ1) is 16.4. The van der Waals surface area contributed by atoms with Gasteiger partial charge in [0.05, 0.1) is 11.9 Å². The first-order chi connectivity index (χ1) is 12.5. The van der Waals surface area contributed by atoms with Gasteiger partial charge in [-0.05, 0) is 37.0 Å². The maximum atomic E-state index is 13.3. The van der Waals surface area contributed by atoms with E-state index >= 15 is 0 Å². The van der Waals surface area contributed by atoms with Crippen molar-refractivity contribution in [3.8, 4) is 11.3 Å². The Labute approximate surface area is 148 Å². The summed E-state index contributed by atoms with van der Waals surface area (Å²) in [6.45, 7) is 0. The lowest BCUT2D eigenvalue weighted by molar-refractivity contribution is -0.120. The molecule has 1 unspecified atom stereocenters. The van der Waals surface area contributed by atoms with Crippen LogP contribution in [-0.4, -0.2) is 25.9 Å². The number of H-pyrrole nitrogens is 1. The number of carbonyl (C=O) groups excluding carboxylic acids is 1. The molecule has 0 spiro atoms. The summed E-state index contributed by atoms with van der Waals surface area (Å²) < 4.78 is 28.5. The summed E-state index contributed by atoms with van der Waals surface area (Å²) in [5.74, 6) is -1.29. The van der Waals surface area contributed by atoms with E-state index in [1.54, 1.807) is 12.3 Å². The predicted octanol–water partition coefficient (Wildman–Crippen LogP) is 2.83. The quantitative estimate of drug-likeness (QED) is 0.757. The van der Waals surface area contributed by atoms with E-state index in [9.17, 15) is 13.6 Å². The lowest BCUT2D eigenvalue weighted by atomic mass is 9.87. The van der Waals surface area contributed by atoms with Crippen LogP contribution in [0.2, 0.25) is 0 Å². The van der Waals surface area contributed by atoms with Gasteiger partial charge in [-0.1, -0.05) is 0 Å². The van der Waals surface area contributed by atoms with Crippen molar-refractivity contribution >= 4 is 11.7 Å². The molecule has 0 aliphatic heterocycles. The van der Waals surface area contributed by atoms with Crippen molar-refractivity contribution in [2.75, 3.05) is 5.32 Å². The molecule has 1 aromatic carbocycles. The van der Waals surface area contributed by atoms with Gasteiger partial charge in [0.1, 0.15) is 11.6 Å². The van der Waals surface area contributed by atoms with Gasteiger partial charge in [0.25, 0.3) is 0 Å². The molecule has 26 heavy (non-hydrogen) atoms. The van der Waals surface area contributed by atoms with E-state index in [0.717, 1.165) is 24.5 Å². The summed E-state index contributed by atoms with van der Waals surface area (Å²) >= 11 is 0. The van der Waals surface area contributed by atoms with Crippen LogP contribution in [0.1, 0.15) is 17.7 Å². The fourth-order valence-electron chi connectivity index (χ4n) is 3.37. The molecule has 4 rings (SSSR count). The van der Waals surface area contributed by atoms with Crippen LogP contribution in [0.25, 0.3) is 11.3 Å². The number of hydrogen-bond donors (Lipinski definition) is 2. The molecular weight excluding hydrogens is 340 g/mol. The van der Waals surface area contributed by atoms with Crippen LogP contribution in [0, 0.1) is 17.6 Å². The molecule has 0 bridgehead atoms. The number of nitrogens with zero attached hydrogens (tertiary/aromatic N) is 3. The number of nitrogens with one attached hydrogen (secondary N) is 2. The molecule has 3 aromatic rings. The average molecular weight is 357 g/mol. The van der Waals surface area contributed by atoms with Gasteiger partial charge in [0, 0.05) is 36.4 Å². The zero-order valence-corrected chi connectivity index (χ0v) is 14.1. The molecule has 2 N–H and O–H groups in total. The Kier molecular flexibility index (Phi) is 4.02. The molecule has 2 heterocycles. The Bertz CT molecular complexity index is 958. The minimum Gasteiger partial charge on any atom is -0.309 e. The number of fused-ring (bicyclic) bond motifs is 1. The molecule has 1 aliphatic carbocycles. The Hall–Kier alpha value is -3.03. The standard InChI is InChI=1S/C18H17F2N5O/c1-25-16-3-2-10(4-12(16)9-21-25)18(26)22-17-8-15(23-24-17)11-5-13(19)7-14(20)6-11/h5-10H,2-4H2,1H3,(H2,22,23,24,26). The Balaban J connectivity index is 1.46. The van der Waals surface area contributed by atoms with Gasteiger partial charge in [-0.3, -0.25) is 14.6 Å². The summed E-state index contributed by atoms with van der Waals surface area (Å²) in [4.78, 5) is 12.5. The molecular formula is C18H17F2N5O. The molecule has 0 fully saturated rings. The minimum atomic E-state index is -0.672. The molecule has 8 heteroatoms. The fraction of sp³-hybridized carbons (Fsp3) is 0.278. The topological polar surface area (TPSA) is 75.6 Å². The third kappa shape index (κ3) is 3.10. The fourth-order valence-corrected chi connectivity index (χ4v) is 3.37. The van der Waals surface area contributed by atoms with E-state index in [0.29, 0.717) is 23.5 Å². The maximum Gasteiger partial charge on any atom is 0.229 e. The smallest absolute Gasteiger partial charge is 0.229 e. The second kappa shape index (κ2) is 6.36. The van der Waals surface area contributed by atoms with Crippen molar-refractivity contribution in [1.29, 1.82) is 0 Å². The highest BCUT2D eigenvalue weighted by Gasteiger charge is 2.27. The Morgan fingerprint density at radius 2 is 2.04 bits per heavy atom. The number of halogens is 2. The van der Waals surface area contributed by atoms with Crippen molar-refractivity contribution in [3.05, 3.63) is 53.4 Å². The van der Waals surface area contributed by atoms with Crippen molar-refractivity contribution < 1.29 is 13.6 Å². The minimum absolute atomic E-state index is 0.122. The highest BCUT2D eigenvalue weighted by molar-refractivity contribution is 5.92. The number of amides is 1. The number of hydrogen-bond acceptors (Lipinski definition) is 3. The summed E-state index contributed by atoms with van der Waals surface area (Å²) in [6, 6.07) is 4.77. The number of aromatic nitrogens is 4. The zero-order chi connectivity index (χ0) is 18.3. The van der Waals surface area contributed by atoms with Crippen LogP contribution in [0.3, 0.4) is 0 Å². The number of carbonyl (C=O) groups is 1. The van der Waals surface area contributed by atoms with Crippen LogP contribution in [-0.2, 0) is 24.7 Å². The van der Waals surface area contributed by atoms with Crippen LogP contribution in [0.15, 0.2) is 30.5 Å². The molecule has 134 valence electrons. The first-order valence-electron chi connectivity index (χ1n) is 8.32. The predicted molar refractivity (Wildman–Crippen MR) is 91.3 cm³/mol. The molecule has 1 aliphatic rings. The third-order valence-corrected chi connectivity index (χ3v) is 4.72. The van der Waals surface area contributed by atoms with Crippen molar-refractivity contribution in [2.24, 2.45) is 13.0 Å². The third-order valence-electron chi connectivity index (χ3n) is 4.72. The second-order valence-electron chi connectivity index (χ2n) is 6.49. The van der Waals surface area contributed by atoms with E-state index < -0.39 is 11.6 Å². The van der Waals surface area contributed by atoms with E-state index in [4.69, 9.17) is 0 Å². The van der Waals surface area contributed by atoms with Crippen LogP contribution in [0.5, 0.6) is 0 Å².